The zero-order valence-electron chi connectivity index (χ0n) is 57.2. The second kappa shape index (κ2) is 26.6. The second-order valence-electron chi connectivity index (χ2n) is 26.5. The highest BCUT2D eigenvalue weighted by atomic mass is 19.4. The molecule has 19 heteroatoms. The Balaban J connectivity index is 0.000000124. The van der Waals surface area contributed by atoms with Gasteiger partial charge in [-0.1, -0.05) is 111 Å². The number of alkyl halides is 12. The van der Waals surface area contributed by atoms with Gasteiger partial charge in [0.25, 0.3) is 0 Å². The average Bonchev–Trinajstić information content (AvgIpc) is 1.54. The average molecular weight is 1430 g/mol. The quantitative estimate of drug-likeness (QED) is 0.157. The van der Waals surface area contributed by atoms with Crippen LogP contribution in [0.4, 0.5) is 65.9 Å². The molecular formula is C85H63F15N4. The highest BCUT2D eigenvalue weighted by Gasteiger charge is 2.46. The smallest absolute Gasteiger partial charge is 0.309 e. The van der Waals surface area contributed by atoms with E-state index < -0.39 is 64.3 Å². The van der Waals surface area contributed by atoms with Crippen molar-refractivity contribution in [2.75, 3.05) is 0 Å². The molecule has 16 aromatic rings. The summed E-state index contributed by atoms with van der Waals surface area (Å²) in [6.45, 7) is 17.7. The zero-order chi connectivity index (χ0) is 74.5. The molecule has 12 aromatic carbocycles. The summed E-state index contributed by atoms with van der Waals surface area (Å²) in [6.07, 6.45) is -19.6. The Kier molecular flexibility index (Phi) is 18.2. The van der Waals surface area contributed by atoms with E-state index in [1.54, 1.807) is 45.5 Å². The predicted molar refractivity (Wildman–Crippen MR) is 386 cm³/mol. The number of hydrogen-bond donors (Lipinski definition) is 0. The zero-order valence-corrected chi connectivity index (χ0v) is 57.2. The van der Waals surface area contributed by atoms with Crippen molar-refractivity contribution in [1.82, 2.24) is 18.3 Å². The van der Waals surface area contributed by atoms with Crippen molar-refractivity contribution in [1.29, 1.82) is 0 Å². The summed E-state index contributed by atoms with van der Waals surface area (Å²) in [5.41, 5.74) is 9.67. The lowest BCUT2D eigenvalue weighted by molar-refractivity contribution is -0.162. The number of aryl methyl sites for hydroxylation is 9. The Labute approximate surface area is 586 Å². The minimum absolute atomic E-state index is 0.103. The monoisotopic (exact) mass is 1420 g/mol. The molecule has 0 spiro atoms. The van der Waals surface area contributed by atoms with E-state index in [2.05, 4.69) is 50.2 Å². The molecule has 0 unspecified atom stereocenters. The van der Waals surface area contributed by atoms with Gasteiger partial charge in [0, 0.05) is 43.1 Å². The van der Waals surface area contributed by atoms with Gasteiger partial charge in [-0.2, -0.15) is 52.7 Å². The standard InChI is InChI=1S/C22H15F6N.2C21H15F4N.C21H18FN/c1-12-6-8-17-14(10-12)15-11-13(2)7-9-18(15)29(17)19-5-3-4-16(21(23,24)25)20(19)22(26,27)28;1-12-3-6-18-15(9-12)16-10-13(2)4-7-19(16)26(18)20-8-5-14(11-17(20)22)21(23,24)25;1-12-6-8-17-14(10-12)15-11-13(2)7-9-18(15)26(17)19-5-3-4-16(20(19)22)21(23,24)25;1-13-5-8-19-16(10-13)17-11-14(2)6-9-20(17)23(19)21-12-15(3)4-7-18(21)22/h3-11H,1-2H3;2*3-11H,1-2H3;4-12H,1-3H3. The van der Waals surface area contributed by atoms with Crippen LogP contribution in [0.3, 0.4) is 0 Å². The Morgan fingerprint density at radius 2 is 0.500 bits per heavy atom. The predicted octanol–water partition coefficient (Wildman–Crippen LogP) is 26.4. The summed E-state index contributed by atoms with van der Waals surface area (Å²) in [7, 11) is 0. The minimum atomic E-state index is -5.18. The highest BCUT2D eigenvalue weighted by Crippen LogP contribution is 2.47. The fourth-order valence-corrected chi connectivity index (χ4v) is 13.9. The van der Waals surface area contributed by atoms with E-state index >= 15 is 0 Å². The van der Waals surface area contributed by atoms with E-state index in [0.29, 0.717) is 50.7 Å². The van der Waals surface area contributed by atoms with E-state index in [0.717, 1.165) is 107 Å². The van der Waals surface area contributed by atoms with Gasteiger partial charge in [0.15, 0.2) is 5.82 Å². The van der Waals surface area contributed by atoms with Gasteiger partial charge in [-0.15, -0.1) is 0 Å². The SMILES string of the molecule is Cc1ccc(F)c(-n2c3ccc(C)cc3c3cc(C)ccc32)c1.Cc1ccc2c(c1)c1cc(C)ccc1n2-c1ccc(C(F)(F)F)cc1F.Cc1ccc2c(c1)c1cc(C)ccc1n2-c1cccc(C(F)(F)F)c1C(F)(F)F.Cc1ccc2c(c1)c1cc(C)ccc1n2-c1cccc(C(F)(F)F)c1F. The summed E-state index contributed by atoms with van der Waals surface area (Å²) in [5.74, 6) is -2.37. The number of rotatable bonds is 4. The van der Waals surface area contributed by atoms with Crippen LogP contribution in [-0.2, 0) is 24.7 Å². The lowest BCUT2D eigenvalue weighted by Gasteiger charge is -2.20. The number of benzene rings is 12. The van der Waals surface area contributed by atoms with Gasteiger partial charge in [0.2, 0.25) is 0 Å². The first kappa shape index (κ1) is 71.2. The summed E-state index contributed by atoms with van der Waals surface area (Å²) in [4.78, 5) is 0. The minimum Gasteiger partial charge on any atom is -0.309 e. The molecule has 0 N–H and O–H groups in total. The Morgan fingerprint density at radius 3 is 0.808 bits per heavy atom. The van der Waals surface area contributed by atoms with Gasteiger partial charge < -0.3 is 18.3 Å². The first-order valence-corrected chi connectivity index (χ1v) is 32.9. The molecule has 104 heavy (non-hydrogen) atoms. The van der Waals surface area contributed by atoms with Crippen LogP contribution in [0.25, 0.3) is 110 Å². The summed E-state index contributed by atoms with van der Waals surface area (Å²) in [6, 6.07) is 59.8. The molecule has 0 saturated carbocycles. The number of hydrogen-bond acceptors (Lipinski definition) is 0. The fraction of sp³-hybridized carbons (Fsp3) is 0.153. The topological polar surface area (TPSA) is 19.7 Å². The van der Waals surface area contributed by atoms with Crippen molar-refractivity contribution in [3.63, 3.8) is 0 Å². The summed E-state index contributed by atoms with van der Waals surface area (Å²) < 4.78 is 210. The number of halogens is 15. The molecule has 0 aliphatic carbocycles. The third-order valence-corrected chi connectivity index (χ3v) is 18.6. The maximum Gasteiger partial charge on any atom is 0.419 e. The molecule has 0 saturated heterocycles. The molecule has 0 atom stereocenters. The Hall–Kier alpha value is -11.2. The van der Waals surface area contributed by atoms with Crippen molar-refractivity contribution < 1.29 is 65.9 Å². The first-order chi connectivity index (χ1) is 49.0. The molecule has 528 valence electrons. The van der Waals surface area contributed by atoms with Crippen molar-refractivity contribution in [3.05, 3.63) is 308 Å². The van der Waals surface area contributed by atoms with Gasteiger partial charge in [-0.25, -0.2) is 13.2 Å². The van der Waals surface area contributed by atoms with Crippen LogP contribution >= 0.6 is 0 Å². The van der Waals surface area contributed by atoms with Gasteiger partial charge >= 0.3 is 24.7 Å². The lowest BCUT2D eigenvalue weighted by Crippen LogP contribution is -2.19. The van der Waals surface area contributed by atoms with Crippen LogP contribution in [0.5, 0.6) is 0 Å². The molecule has 16 rings (SSSR count). The van der Waals surface area contributed by atoms with E-state index in [1.807, 2.05) is 144 Å². The van der Waals surface area contributed by atoms with Crippen molar-refractivity contribution in [2.45, 2.75) is 87.0 Å². The van der Waals surface area contributed by atoms with Crippen LogP contribution in [0, 0.1) is 79.8 Å². The first-order valence-electron chi connectivity index (χ1n) is 32.9. The van der Waals surface area contributed by atoms with Gasteiger partial charge in [-0.05, 0) is 220 Å². The maximum absolute atomic E-state index is 14.8. The molecular weight excluding hydrogens is 1360 g/mol. The largest absolute Gasteiger partial charge is 0.419 e. The molecule has 0 fully saturated rings. The van der Waals surface area contributed by atoms with E-state index in [1.165, 1.54) is 44.7 Å². The second-order valence-corrected chi connectivity index (χ2v) is 26.5. The summed E-state index contributed by atoms with van der Waals surface area (Å²) in [5, 5.41) is 7.39. The van der Waals surface area contributed by atoms with Crippen LogP contribution in [0.15, 0.2) is 218 Å². The Morgan fingerprint density at radius 1 is 0.221 bits per heavy atom. The van der Waals surface area contributed by atoms with Crippen LogP contribution < -0.4 is 0 Å². The van der Waals surface area contributed by atoms with Crippen LogP contribution in [-0.4, -0.2) is 18.3 Å². The van der Waals surface area contributed by atoms with Gasteiger partial charge in [-0.3, -0.25) is 0 Å². The number of nitrogens with zero attached hydrogens (tertiary/aromatic N) is 4. The molecule has 0 radical (unpaired) electrons. The molecule has 0 bridgehead atoms. The lowest BCUT2D eigenvalue weighted by atomic mass is 10.0. The molecule has 0 aliphatic heterocycles. The van der Waals surface area contributed by atoms with E-state index in [9.17, 15) is 65.9 Å². The van der Waals surface area contributed by atoms with Gasteiger partial charge in [0.05, 0.1) is 89.1 Å². The van der Waals surface area contributed by atoms with E-state index in [4.69, 9.17) is 0 Å². The highest BCUT2D eigenvalue weighted by molar-refractivity contribution is 6.13. The van der Waals surface area contributed by atoms with E-state index in [-0.39, 0.29) is 17.2 Å². The molecule has 4 nitrogen and oxygen atoms in total. The number of aromatic nitrogens is 4. The molecule has 0 amide bonds. The molecule has 4 aromatic heterocycles. The van der Waals surface area contributed by atoms with Crippen molar-refractivity contribution in [2.24, 2.45) is 0 Å². The maximum atomic E-state index is 14.8. The van der Waals surface area contributed by atoms with Crippen molar-refractivity contribution in [3.8, 4) is 22.7 Å². The molecule has 0 aliphatic rings. The normalized spacial score (nSPS) is 12.2. The fourth-order valence-electron chi connectivity index (χ4n) is 13.9. The Bertz CT molecular complexity index is 5850. The third kappa shape index (κ3) is 13.3. The van der Waals surface area contributed by atoms with Crippen molar-refractivity contribution >= 4 is 87.2 Å². The third-order valence-electron chi connectivity index (χ3n) is 18.6. The van der Waals surface area contributed by atoms with Crippen LogP contribution in [0.1, 0.15) is 72.3 Å². The molecule has 4 heterocycles. The summed E-state index contributed by atoms with van der Waals surface area (Å²) >= 11 is 0. The number of fused-ring (bicyclic) bond motifs is 12. The van der Waals surface area contributed by atoms with Crippen LogP contribution in [0.2, 0.25) is 0 Å². The van der Waals surface area contributed by atoms with Gasteiger partial charge in [0.1, 0.15) is 11.6 Å².